The van der Waals surface area contributed by atoms with Gasteiger partial charge in [0.25, 0.3) is 0 Å². The van der Waals surface area contributed by atoms with Gasteiger partial charge in [0.1, 0.15) is 5.82 Å². The van der Waals surface area contributed by atoms with Crippen LogP contribution in [0.15, 0.2) is 176 Å². The largest absolute Gasteiger partial charge is 0.509 e. The van der Waals surface area contributed by atoms with E-state index >= 15 is 0 Å². The normalized spacial score (nSPS) is 15.9. The Kier molecular flexibility index (Phi) is 12.6. The molecule has 3 heterocycles. The van der Waals surface area contributed by atoms with E-state index in [2.05, 4.69) is 187 Å². The van der Waals surface area contributed by atoms with E-state index in [0.29, 0.717) is 40.0 Å². The molecule has 2 aliphatic rings. The van der Waals surface area contributed by atoms with Crippen LogP contribution in [0, 0.1) is 24.7 Å². The van der Waals surface area contributed by atoms with Gasteiger partial charge in [0.05, 0.1) is 4.11 Å². The quantitative estimate of drug-likeness (QED) is 0.128. The SMILES string of the molecule is [2H]c1c([2H])c2c(c([2H])c1-c1cccc(-c3cccc(C(C)(C)C)c3)c1N1[CH-]N(c3[c-]c(Oc4[c-]c5c(cc4)c4ccccc4n5-c4cc(C([2H])([2H])C(C)C)c(-c5ccc(C(C)(C)C)cc5)cn4)ccc3)c3ccccc31)C(C)(C)CCC2(C)C.[Pt]. The Morgan fingerprint density at radius 2 is 1.27 bits per heavy atom. The predicted octanol–water partition coefficient (Wildman–Crippen LogP) is 20.1. The molecule has 0 unspecified atom stereocenters. The van der Waals surface area contributed by atoms with Crippen molar-refractivity contribution in [2.24, 2.45) is 5.92 Å². The minimum Gasteiger partial charge on any atom is -0.509 e. The van der Waals surface area contributed by atoms with E-state index in [-0.39, 0.29) is 60.7 Å². The Bertz CT molecular complexity index is 4240. The minimum atomic E-state index is -1.68. The maximum absolute atomic E-state index is 10.2. The zero-order valence-electron chi connectivity index (χ0n) is 53.1. The summed E-state index contributed by atoms with van der Waals surface area (Å²) in [5.41, 5.74) is 13.5. The average Bonchev–Trinajstić information content (AvgIpc) is 3.04. The van der Waals surface area contributed by atoms with Crippen LogP contribution in [-0.2, 0) is 49.1 Å². The van der Waals surface area contributed by atoms with E-state index in [9.17, 15) is 6.85 Å². The number of para-hydroxylation sites is 4. The first-order chi connectivity index (χ1) is 39.7. The first kappa shape index (κ1) is 48.7. The third kappa shape index (κ3) is 10.1. The fraction of sp³-hybridized carbons (Fsp3) is 0.270. The molecule has 0 saturated carbocycles. The van der Waals surface area contributed by atoms with Gasteiger partial charge in [-0.15, -0.1) is 48.1 Å². The van der Waals surface area contributed by atoms with Crippen LogP contribution in [0.1, 0.15) is 131 Å². The molecule has 0 bridgehead atoms. The van der Waals surface area contributed by atoms with E-state index in [1.165, 1.54) is 11.1 Å². The van der Waals surface area contributed by atoms with Crippen molar-refractivity contribution >= 4 is 44.6 Å². The van der Waals surface area contributed by atoms with Gasteiger partial charge >= 0.3 is 0 Å². The van der Waals surface area contributed by atoms with Gasteiger partial charge in [-0.1, -0.05) is 204 Å². The molecule has 0 fully saturated rings. The minimum absolute atomic E-state index is 0. The Morgan fingerprint density at radius 1 is 0.625 bits per heavy atom. The van der Waals surface area contributed by atoms with Gasteiger partial charge in [0, 0.05) is 80.8 Å². The van der Waals surface area contributed by atoms with Crippen LogP contribution in [0.2, 0.25) is 0 Å². The van der Waals surface area contributed by atoms with Crippen LogP contribution < -0.4 is 14.5 Å². The zero-order valence-corrected chi connectivity index (χ0v) is 50.4. The molecule has 408 valence electrons. The average molecular weight is 1230 g/mol. The summed E-state index contributed by atoms with van der Waals surface area (Å²) < 4.78 is 57.6. The molecule has 8 aromatic carbocycles. The molecular weight excluding hydrogens is 1160 g/mol. The molecule has 1 aliphatic carbocycles. The van der Waals surface area contributed by atoms with Crippen molar-refractivity contribution in [3.8, 4) is 50.7 Å². The molecule has 80 heavy (non-hydrogen) atoms. The monoisotopic (exact) mass is 1230 g/mol. The second kappa shape index (κ2) is 20.7. The fourth-order valence-electron chi connectivity index (χ4n) is 11.6. The second-order valence-corrected chi connectivity index (χ2v) is 25.3. The van der Waals surface area contributed by atoms with Gasteiger partial charge in [0.2, 0.25) is 0 Å². The third-order valence-electron chi connectivity index (χ3n) is 16.2. The Hall–Kier alpha value is -7.20. The molecule has 0 spiro atoms. The van der Waals surface area contributed by atoms with E-state index < -0.39 is 6.37 Å². The summed E-state index contributed by atoms with van der Waals surface area (Å²) in [6.07, 6.45) is 1.89. The summed E-state index contributed by atoms with van der Waals surface area (Å²) in [7, 11) is 0. The number of pyridine rings is 1. The maximum Gasteiger partial charge on any atom is 0.135 e. The van der Waals surface area contributed by atoms with Crippen molar-refractivity contribution in [1.29, 1.82) is 0 Å². The van der Waals surface area contributed by atoms with Crippen LogP contribution in [0.3, 0.4) is 0 Å². The van der Waals surface area contributed by atoms with Gasteiger partial charge in [0.15, 0.2) is 0 Å². The molecule has 12 rings (SSSR count). The number of hydrogen-bond donors (Lipinski definition) is 0. The summed E-state index contributed by atoms with van der Waals surface area (Å²) in [6, 6.07) is 59.3. The molecule has 0 amide bonds. The Morgan fingerprint density at radius 3 is 2.00 bits per heavy atom. The molecule has 1 aliphatic heterocycles. The smallest absolute Gasteiger partial charge is 0.135 e. The maximum atomic E-state index is 10.2. The van der Waals surface area contributed by atoms with E-state index in [4.69, 9.17) is 9.72 Å². The summed E-state index contributed by atoms with van der Waals surface area (Å²) >= 11 is 0. The Balaban J connectivity index is 0.00000752. The molecule has 0 N–H and O–H groups in total. The fourth-order valence-corrected chi connectivity index (χ4v) is 11.6. The number of rotatable bonds is 10. The predicted molar refractivity (Wildman–Crippen MR) is 332 cm³/mol. The van der Waals surface area contributed by atoms with Crippen LogP contribution in [0.25, 0.3) is 61.0 Å². The number of benzene rings is 8. The molecule has 5 nitrogen and oxygen atoms in total. The number of aromatic nitrogens is 2. The van der Waals surface area contributed by atoms with Crippen LogP contribution in [0.4, 0.5) is 22.7 Å². The number of ether oxygens (including phenoxy) is 1. The van der Waals surface area contributed by atoms with Gasteiger partial charge in [-0.05, 0) is 121 Å². The second-order valence-electron chi connectivity index (χ2n) is 25.3. The standard InChI is InChI=1S/C74H73N4O.Pt/c1-48(2)40-52-43-69(75-46-62(52)49-30-33-53(34-31-49)71(3,4)5)78-65-27-14-13-24-60(65)61-36-35-57(45-68(61)78)79-56-23-18-22-55(44-56)76-47-77(67-29-16-15-28-66(67)76)70-58(50-20-17-21-54(41-50)72(6,7)8)25-19-26-59(70)51-32-37-63-64(42-51)74(11,12)39-38-73(63,9)10;/h13-37,41-43,46-48H,38-40H2,1-12H3;/q-3;/i32D,37D,40D2,42D;. The zero-order chi connectivity index (χ0) is 59.6. The van der Waals surface area contributed by atoms with Gasteiger partial charge in [-0.2, -0.15) is 12.1 Å². The summed E-state index contributed by atoms with van der Waals surface area (Å²) in [6.45, 7) is 27.8. The molecule has 0 radical (unpaired) electrons. The van der Waals surface area contributed by atoms with Gasteiger partial charge < -0.3 is 19.1 Å². The molecule has 6 heteroatoms. The summed E-state index contributed by atoms with van der Waals surface area (Å²) in [5.74, 6) is 1.21. The van der Waals surface area contributed by atoms with E-state index in [0.717, 1.165) is 90.8 Å². The first-order valence-electron chi connectivity index (χ1n) is 30.4. The van der Waals surface area contributed by atoms with Crippen molar-refractivity contribution in [3.05, 3.63) is 223 Å². The van der Waals surface area contributed by atoms with Crippen LogP contribution in [0.5, 0.6) is 11.5 Å². The summed E-state index contributed by atoms with van der Waals surface area (Å²) in [4.78, 5) is 9.40. The molecule has 2 aromatic heterocycles. The number of anilines is 4. The van der Waals surface area contributed by atoms with Crippen molar-refractivity contribution in [3.63, 3.8) is 0 Å². The van der Waals surface area contributed by atoms with Crippen molar-refractivity contribution in [1.82, 2.24) is 9.55 Å². The van der Waals surface area contributed by atoms with Gasteiger partial charge in [-0.3, -0.25) is 0 Å². The van der Waals surface area contributed by atoms with Crippen LogP contribution in [-0.4, -0.2) is 9.55 Å². The Labute approximate surface area is 497 Å². The number of nitrogens with zero attached hydrogens (tertiary/aromatic N) is 4. The molecule has 0 atom stereocenters. The topological polar surface area (TPSA) is 33.5 Å². The molecule has 0 saturated heterocycles. The molecular formula is C74H73N4OPt-3. The van der Waals surface area contributed by atoms with Crippen molar-refractivity contribution in [2.45, 2.75) is 124 Å². The number of hydrogen-bond acceptors (Lipinski definition) is 4. The van der Waals surface area contributed by atoms with E-state index in [1.54, 1.807) is 0 Å². The molecule has 10 aromatic rings. The number of fused-ring (bicyclic) bond motifs is 5. The van der Waals surface area contributed by atoms with Crippen molar-refractivity contribution < 1.29 is 32.7 Å². The van der Waals surface area contributed by atoms with Crippen molar-refractivity contribution in [2.75, 3.05) is 9.80 Å². The van der Waals surface area contributed by atoms with E-state index in [1.807, 2.05) is 86.8 Å². The third-order valence-corrected chi connectivity index (χ3v) is 16.2. The van der Waals surface area contributed by atoms with Crippen LogP contribution >= 0.6 is 0 Å². The van der Waals surface area contributed by atoms with Gasteiger partial charge in [-0.25, -0.2) is 4.98 Å². The first-order valence-corrected chi connectivity index (χ1v) is 27.9. The summed E-state index contributed by atoms with van der Waals surface area (Å²) in [5, 5.41) is 1.97.